The monoisotopic (exact) mass is 596 g/mol. The van der Waals surface area contributed by atoms with Crippen LogP contribution in [-0.2, 0) is 17.8 Å². The Morgan fingerprint density at radius 2 is 1.82 bits per heavy atom. The molecule has 230 valence electrons. The molecule has 0 unspecified atom stereocenters. The number of hydrogen-bond acceptors (Lipinski definition) is 5. The molecule has 0 aliphatic carbocycles. The van der Waals surface area contributed by atoms with Gasteiger partial charge in [0.05, 0.1) is 26.0 Å². The zero-order valence-corrected chi connectivity index (χ0v) is 25.4. The number of aromatic nitrogens is 2. The largest absolute Gasteiger partial charge is 0.494 e. The van der Waals surface area contributed by atoms with Crippen LogP contribution in [0.2, 0.25) is 0 Å². The molecule has 3 aromatic carbocycles. The van der Waals surface area contributed by atoms with Gasteiger partial charge in [0.2, 0.25) is 5.91 Å². The first-order chi connectivity index (χ1) is 21.4. The second-order valence-electron chi connectivity index (χ2n) is 11.1. The molecule has 2 N–H and O–H groups in total. The SMILES string of the molecule is Cc1cccc(OCCCC(=O)N2CCCc3c(-c4cnn(Cc5cccc(OCCCNC(=O)O)c5)c4)cccc32)c1C. The van der Waals surface area contributed by atoms with E-state index in [9.17, 15) is 9.59 Å². The standard InChI is InChI=1S/C35H40N4O5/c1-25-9-3-15-33(26(25)2)44-19-7-16-34(40)39-18-6-13-31-30(12-5-14-32(31)39)28-22-37-38(24-28)23-27-10-4-11-29(21-27)43-20-8-17-36-35(41)42/h3-5,9-12,14-15,21-22,24,36H,6-8,13,16-20,23H2,1-2H3,(H,41,42). The molecule has 0 saturated heterocycles. The first kappa shape index (κ1) is 30.7. The molecular formula is C35H40N4O5. The number of rotatable bonds is 13. The van der Waals surface area contributed by atoms with Crippen LogP contribution in [0.5, 0.6) is 11.5 Å². The van der Waals surface area contributed by atoms with Crippen molar-refractivity contribution in [3.8, 4) is 22.6 Å². The number of amides is 2. The van der Waals surface area contributed by atoms with Gasteiger partial charge in [-0.15, -0.1) is 0 Å². The van der Waals surface area contributed by atoms with Crippen LogP contribution in [-0.4, -0.2) is 53.2 Å². The highest BCUT2D eigenvalue weighted by atomic mass is 16.5. The van der Waals surface area contributed by atoms with E-state index in [1.54, 1.807) is 0 Å². The Morgan fingerprint density at radius 1 is 1.00 bits per heavy atom. The van der Waals surface area contributed by atoms with Gasteiger partial charge in [-0.2, -0.15) is 5.10 Å². The molecule has 2 heterocycles. The van der Waals surface area contributed by atoms with E-state index >= 15 is 0 Å². The molecule has 9 heteroatoms. The van der Waals surface area contributed by atoms with E-state index in [0.717, 1.165) is 58.8 Å². The van der Waals surface area contributed by atoms with Gasteiger partial charge in [-0.3, -0.25) is 9.48 Å². The summed E-state index contributed by atoms with van der Waals surface area (Å²) < 4.78 is 13.7. The zero-order valence-electron chi connectivity index (χ0n) is 25.4. The fraction of sp³-hybridized carbons (Fsp3) is 0.343. The molecule has 1 aliphatic heterocycles. The number of nitrogens with zero attached hydrogens (tertiary/aromatic N) is 3. The third-order valence-electron chi connectivity index (χ3n) is 7.95. The Bertz CT molecular complexity index is 1600. The van der Waals surface area contributed by atoms with Gasteiger partial charge in [0.25, 0.3) is 0 Å². The Balaban J connectivity index is 1.19. The Labute approximate surface area is 258 Å². The fourth-order valence-electron chi connectivity index (χ4n) is 5.54. The Morgan fingerprint density at radius 3 is 2.68 bits per heavy atom. The maximum atomic E-state index is 13.3. The number of benzene rings is 3. The molecule has 0 spiro atoms. The van der Waals surface area contributed by atoms with E-state index in [2.05, 4.69) is 42.5 Å². The van der Waals surface area contributed by atoms with Crippen LogP contribution in [0.4, 0.5) is 10.5 Å². The highest BCUT2D eigenvalue weighted by Gasteiger charge is 2.24. The smallest absolute Gasteiger partial charge is 0.404 e. The van der Waals surface area contributed by atoms with E-state index in [4.69, 9.17) is 14.6 Å². The predicted octanol–water partition coefficient (Wildman–Crippen LogP) is 6.39. The third kappa shape index (κ3) is 7.78. The lowest BCUT2D eigenvalue weighted by Crippen LogP contribution is -2.35. The van der Waals surface area contributed by atoms with Crippen LogP contribution < -0.4 is 19.7 Å². The van der Waals surface area contributed by atoms with Gasteiger partial charge in [0.15, 0.2) is 0 Å². The van der Waals surface area contributed by atoms with Crippen molar-refractivity contribution in [3.63, 3.8) is 0 Å². The highest BCUT2D eigenvalue weighted by molar-refractivity contribution is 5.96. The average molecular weight is 597 g/mol. The molecule has 0 fully saturated rings. The highest BCUT2D eigenvalue weighted by Crippen LogP contribution is 2.36. The van der Waals surface area contributed by atoms with Gasteiger partial charge in [-0.25, -0.2) is 4.79 Å². The molecule has 0 atom stereocenters. The van der Waals surface area contributed by atoms with Crippen LogP contribution in [0.15, 0.2) is 73.1 Å². The maximum Gasteiger partial charge on any atom is 0.404 e. The summed E-state index contributed by atoms with van der Waals surface area (Å²) in [5.74, 6) is 1.75. The van der Waals surface area contributed by atoms with Gasteiger partial charge >= 0.3 is 6.09 Å². The summed E-state index contributed by atoms with van der Waals surface area (Å²) in [5, 5.41) is 15.6. The van der Waals surface area contributed by atoms with Gasteiger partial charge < -0.3 is 24.8 Å². The summed E-state index contributed by atoms with van der Waals surface area (Å²) in [6, 6.07) is 20.1. The summed E-state index contributed by atoms with van der Waals surface area (Å²) in [4.78, 5) is 25.8. The number of anilines is 1. The van der Waals surface area contributed by atoms with Crippen molar-refractivity contribution in [1.29, 1.82) is 0 Å². The summed E-state index contributed by atoms with van der Waals surface area (Å²) in [5.41, 5.74) is 7.70. The predicted molar refractivity (Wildman–Crippen MR) is 171 cm³/mol. The van der Waals surface area contributed by atoms with Gasteiger partial charge in [-0.05, 0) is 91.6 Å². The first-order valence-electron chi connectivity index (χ1n) is 15.2. The molecular weight excluding hydrogens is 556 g/mol. The summed E-state index contributed by atoms with van der Waals surface area (Å²) in [6.07, 6.45) is 6.43. The van der Waals surface area contributed by atoms with Gasteiger partial charge in [-0.1, -0.05) is 36.4 Å². The molecule has 0 radical (unpaired) electrons. The number of fused-ring (bicyclic) bond motifs is 1. The second-order valence-corrected chi connectivity index (χ2v) is 11.1. The molecule has 1 aromatic heterocycles. The molecule has 9 nitrogen and oxygen atoms in total. The topological polar surface area (TPSA) is 106 Å². The number of ether oxygens (including phenoxy) is 2. The molecule has 5 rings (SSSR count). The number of hydrogen-bond donors (Lipinski definition) is 2. The van der Waals surface area contributed by atoms with Crippen LogP contribution >= 0.6 is 0 Å². The van der Waals surface area contributed by atoms with Gasteiger partial charge in [0.1, 0.15) is 11.5 Å². The summed E-state index contributed by atoms with van der Waals surface area (Å²) >= 11 is 0. The Hall–Kier alpha value is -4.79. The summed E-state index contributed by atoms with van der Waals surface area (Å²) in [6.45, 7) is 6.73. The Kier molecular flexibility index (Phi) is 10.2. The first-order valence-corrected chi connectivity index (χ1v) is 15.2. The minimum atomic E-state index is -1.03. The molecule has 0 bridgehead atoms. The lowest BCUT2D eigenvalue weighted by molar-refractivity contribution is -0.118. The number of carboxylic acid groups (broad SMARTS) is 1. The lowest BCUT2D eigenvalue weighted by atomic mass is 9.93. The van der Waals surface area contributed by atoms with Crippen molar-refractivity contribution in [1.82, 2.24) is 15.1 Å². The molecule has 0 saturated carbocycles. The second kappa shape index (κ2) is 14.6. The van der Waals surface area contributed by atoms with Gasteiger partial charge in [0, 0.05) is 37.0 Å². The summed E-state index contributed by atoms with van der Waals surface area (Å²) in [7, 11) is 0. The number of carbonyl (C=O) groups excluding carboxylic acids is 1. The molecule has 44 heavy (non-hydrogen) atoms. The van der Waals surface area contributed by atoms with Crippen LogP contribution in [0.3, 0.4) is 0 Å². The normalized spacial score (nSPS) is 12.5. The van der Waals surface area contributed by atoms with Crippen molar-refractivity contribution in [2.75, 3.05) is 31.2 Å². The van der Waals surface area contributed by atoms with Crippen molar-refractivity contribution in [3.05, 3.63) is 95.3 Å². The van der Waals surface area contributed by atoms with Crippen molar-refractivity contribution in [2.45, 2.75) is 52.5 Å². The van der Waals surface area contributed by atoms with Crippen molar-refractivity contribution >= 4 is 17.7 Å². The number of aryl methyl sites for hydroxylation is 1. The quantitative estimate of drug-likeness (QED) is 0.173. The lowest BCUT2D eigenvalue weighted by Gasteiger charge is -2.31. The zero-order chi connectivity index (χ0) is 30.9. The third-order valence-corrected chi connectivity index (χ3v) is 7.95. The van der Waals surface area contributed by atoms with Crippen LogP contribution in [0, 0.1) is 13.8 Å². The van der Waals surface area contributed by atoms with Crippen molar-refractivity contribution < 1.29 is 24.2 Å². The van der Waals surface area contributed by atoms with Crippen LogP contribution in [0.25, 0.3) is 11.1 Å². The number of nitrogens with one attached hydrogen (secondary N) is 1. The number of carbonyl (C=O) groups is 2. The minimum absolute atomic E-state index is 0.128. The van der Waals surface area contributed by atoms with E-state index in [1.165, 1.54) is 11.1 Å². The minimum Gasteiger partial charge on any atom is -0.494 e. The van der Waals surface area contributed by atoms with E-state index < -0.39 is 6.09 Å². The maximum absolute atomic E-state index is 13.3. The van der Waals surface area contributed by atoms with E-state index in [0.29, 0.717) is 45.6 Å². The average Bonchev–Trinajstić information content (AvgIpc) is 3.48. The molecule has 2 amide bonds. The molecule has 4 aromatic rings. The van der Waals surface area contributed by atoms with E-state index in [-0.39, 0.29) is 5.91 Å². The fourth-order valence-corrected chi connectivity index (χ4v) is 5.54. The van der Waals surface area contributed by atoms with Crippen molar-refractivity contribution in [2.24, 2.45) is 0 Å². The molecule has 1 aliphatic rings. The van der Waals surface area contributed by atoms with Crippen LogP contribution in [0.1, 0.15) is 47.9 Å². The van der Waals surface area contributed by atoms with E-state index in [1.807, 2.05) is 64.4 Å².